The number of aliphatic hydroxyl groups excluding tert-OH is 2. The summed E-state index contributed by atoms with van der Waals surface area (Å²) in [7, 11) is -3.93. The Balaban J connectivity index is 2.90. The molecule has 0 amide bonds. The Morgan fingerprint density at radius 1 is 1.47 bits per heavy atom. The second kappa shape index (κ2) is 5.41. The van der Waals surface area contributed by atoms with Gasteiger partial charge in [-0.15, -0.1) is 0 Å². The van der Waals surface area contributed by atoms with E-state index in [2.05, 4.69) is 0 Å². The van der Waals surface area contributed by atoms with Crippen molar-refractivity contribution in [3.8, 4) is 0 Å². The van der Waals surface area contributed by atoms with E-state index in [0.29, 0.717) is 0 Å². The van der Waals surface area contributed by atoms with Gasteiger partial charge in [-0.1, -0.05) is 0 Å². The number of nitrogens with two attached hydrogens (primary N) is 1. The topological polar surface area (TPSA) is 113 Å². The zero-order valence-corrected chi connectivity index (χ0v) is 9.61. The first-order valence-corrected chi connectivity index (χ1v) is 6.18. The van der Waals surface area contributed by atoms with Crippen LogP contribution in [0.5, 0.6) is 0 Å². The normalized spacial score (nSPS) is 13.6. The van der Waals surface area contributed by atoms with E-state index in [1.807, 2.05) is 4.72 Å². The molecule has 0 radical (unpaired) electrons. The number of rotatable bonds is 5. The van der Waals surface area contributed by atoms with E-state index in [1.54, 1.807) is 0 Å². The third kappa shape index (κ3) is 3.63. The van der Waals surface area contributed by atoms with Crippen molar-refractivity contribution in [2.45, 2.75) is 11.0 Å². The predicted molar refractivity (Wildman–Crippen MR) is 59.1 cm³/mol. The molecule has 8 heteroatoms. The molecular weight excluding hydrogens is 251 g/mol. The van der Waals surface area contributed by atoms with Gasteiger partial charge in [0.05, 0.1) is 18.4 Å². The van der Waals surface area contributed by atoms with Gasteiger partial charge in [0.15, 0.2) is 0 Å². The molecule has 0 aromatic heterocycles. The SMILES string of the molecule is Nc1cc(F)ccc1S(=O)(=O)NCC(O)CO. The minimum Gasteiger partial charge on any atom is -0.398 e. The molecule has 1 rings (SSSR count). The smallest absolute Gasteiger partial charge is 0.242 e. The van der Waals surface area contributed by atoms with Crippen LogP contribution in [0.15, 0.2) is 23.1 Å². The fourth-order valence-corrected chi connectivity index (χ4v) is 2.30. The molecule has 5 N–H and O–H groups in total. The van der Waals surface area contributed by atoms with Crippen molar-refractivity contribution >= 4 is 15.7 Å². The molecule has 1 aromatic rings. The number of nitrogen functional groups attached to an aromatic ring is 1. The van der Waals surface area contributed by atoms with Crippen LogP contribution >= 0.6 is 0 Å². The van der Waals surface area contributed by atoms with E-state index in [9.17, 15) is 12.8 Å². The fourth-order valence-electron chi connectivity index (χ4n) is 1.11. The van der Waals surface area contributed by atoms with Crippen LogP contribution in [0.1, 0.15) is 0 Å². The van der Waals surface area contributed by atoms with Crippen molar-refractivity contribution < 1.29 is 23.0 Å². The molecule has 0 spiro atoms. The third-order valence-electron chi connectivity index (χ3n) is 1.98. The lowest BCUT2D eigenvalue weighted by atomic mass is 10.3. The Labute approximate surface area is 97.9 Å². The van der Waals surface area contributed by atoms with Gasteiger partial charge in [-0.2, -0.15) is 0 Å². The number of sulfonamides is 1. The molecule has 0 saturated carbocycles. The largest absolute Gasteiger partial charge is 0.398 e. The number of nitrogens with one attached hydrogen (secondary N) is 1. The Bertz CT molecular complexity index is 492. The summed E-state index contributed by atoms with van der Waals surface area (Å²) in [4.78, 5) is -0.274. The first-order chi connectivity index (χ1) is 7.86. The number of hydrogen-bond acceptors (Lipinski definition) is 5. The highest BCUT2D eigenvalue weighted by Gasteiger charge is 2.18. The van der Waals surface area contributed by atoms with Crippen LogP contribution in [-0.2, 0) is 10.0 Å². The number of benzene rings is 1. The van der Waals surface area contributed by atoms with E-state index in [-0.39, 0.29) is 17.1 Å². The monoisotopic (exact) mass is 264 g/mol. The van der Waals surface area contributed by atoms with Crippen molar-refractivity contribution in [2.24, 2.45) is 0 Å². The van der Waals surface area contributed by atoms with E-state index >= 15 is 0 Å². The maximum absolute atomic E-state index is 12.7. The van der Waals surface area contributed by atoms with Gasteiger partial charge in [0.2, 0.25) is 10.0 Å². The van der Waals surface area contributed by atoms with Crippen LogP contribution in [0, 0.1) is 5.82 Å². The van der Waals surface area contributed by atoms with E-state index in [0.717, 1.165) is 18.2 Å². The minimum absolute atomic E-state index is 0.226. The molecule has 1 unspecified atom stereocenters. The zero-order chi connectivity index (χ0) is 13.1. The molecule has 1 atom stereocenters. The van der Waals surface area contributed by atoms with Gasteiger partial charge in [-0.3, -0.25) is 0 Å². The maximum Gasteiger partial charge on any atom is 0.242 e. The van der Waals surface area contributed by atoms with Crippen LogP contribution in [-0.4, -0.2) is 37.9 Å². The summed E-state index contributed by atoms with van der Waals surface area (Å²) in [6, 6.07) is 2.88. The van der Waals surface area contributed by atoms with E-state index < -0.39 is 28.6 Å². The average Bonchev–Trinajstić information content (AvgIpc) is 2.25. The summed E-state index contributed by atoms with van der Waals surface area (Å²) < 4.78 is 38.1. The summed E-state index contributed by atoms with van der Waals surface area (Å²) in [5.41, 5.74) is 5.15. The van der Waals surface area contributed by atoms with Crippen LogP contribution in [0.2, 0.25) is 0 Å². The number of hydrogen-bond donors (Lipinski definition) is 4. The van der Waals surface area contributed by atoms with Gasteiger partial charge < -0.3 is 15.9 Å². The number of halogens is 1. The summed E-state index contributed by atoms with van der Waals surface area (Å²) in [6.45, 7) is -0.920. The maximum atomic E-state index is 12.7. The minimum atomic E-state index is -3.93. The van der Waals surface area contributed by atoms with Crippen molar-refractivity contribution in [3.63, 3.8) is 0 Å². The van der Waals surface area contributed by atoms with Crippen molar-refractivity contribution in [3.05, 3.63) is 24.0 Å². The van der Waals surface area contributed by atoms with Crippen molar-refractivity contribution in [1.29, 1.82) is 0 Å². The van der Waals surface area contributed by atoms with Gasteiger partial charge in [0.1, 0.15) is 10.7 Å². The lowest BCUT2D eigenvalue weighted by Gasteiger charge is -2.11. The molecule has 6 nitrogen and oxygen atoms in total. The predicted octanol–water partition coefficient (Wildman–Crippen LogP) is -0.961. The Hall–Kier alpha value is -1.22. The highest BCUT2D eigenvalue weighted by atomic mass is 32.2. The highest BCUT2D eigenvalue weighted by Crippen LogP contribution is 2.18. The van der Waals surface area contributed by atoms with Gasteiger partial charge >= 0.3 is 0 Å². The number of aliphatic hydroxyl groups is 2. The fraction of sp³-hybridized carbons (Fsp3) is 0.333. The van der Waals surface area contributed by atoms with Gasteiger partial charge in [0, 0.05) is 6.54 Å². The summed E-state index contributed by atoms with van der Waals surface area (Å²) in [5.74, 6) is -0.642. The molecular formula is C9H13FN2O4S. The molecule has 96 valence electrons. The lowest BCUT2D eigenvalue weighted by Crippen LogP contribution is -2.34. The average molecular weight is 264 g/mol. The summed E-state index contributed by atoms with van der Waals surface area (Å²) in [5, 5.41) is 17.5. The van der Waals surface area contributed by atoms with Crippen LogP contribution in [0.4, 0.5) is 10.1 Å². The Morgan fingerprint density at radius 2 is 2.12 bits per heavy atom. The number of anilines is 1. The zero-order valence-electron chi connectivity index (χ0n) is 8.80. The second-order valence-electron chi connectivity index (χ2n) is 3.37. The van der Waals surface area contributed by atoms with Crippen LogP contribution in [0.3, 0.4) is 0 Å². The van der Waals surface area contributed by atoms with Gasteiger partial charge in [-0.25, -0.2) is 17.5 Å². The van der Waals surface area contributed by atoms with Crippen molar-refractivity contribution in [1.82, 2.24) is 4.72 Å². The van der Waals surface area contributed by atoms with Crippen LogP contribution in [0.25, 0.3) is 0 Å². The molecule has 0 aliphatic rings. The van der Waals surface area contributed by atoms with Crippen molar-refractivity contribution in [2.75, 3.05) is 18.9 Å². The second-order valence-corrected chi connectivity index (χ2v) is 5.11. The first kappa shape index (κ1) is 13.8. The third-order valence-corrected chi connectivity index (χ3v) is 3.48. The van der Waals surface area contributed by atoms with Gasteiger partial charge in [0.25, 0.3) is 0 Å². The van der Waals surface area contributed by atoms with Gasteiger partial charge in [-0.05, 0) is 18.2 Å². The highest BCUT2D eigenvalue weighted by molar-refractivity contribution is 7.89. The summed E-state index contributed by atoms with van der Waals surface area (Å²) >= 11 is 0. The molecule has 1 aromatic carbocycles. The molecule has 17 heavy (non-hydrogen) atoms. The lowest BCUT2D eigenvalue weighted by molar-refractivity contribution is 0.0988. The standard InChI is InChI=1S/C9H13FN2O4S/c10-6-1-2-9(8(11)3-6)17(15,16)12-4-7(14)5-13/h1-3,7,12-14H,4-5,11H2. The first-order valence-electron chi connectivity index (χ1n) is 4.70. The van der Waals surface area contributed by atoms with E-state index in [4.69, 9.17) is 15.9 Å². The molecule has 0 fully saturated rings. The Morgan fingerprint density at radius 3 is 2.65 bits per heavy atom. The van der Waals surface area contributed by atoms with E-state index in [1.165, 1.54) is 0 Å². The van der Waals surface area contributed by atoms with Crippen LogP contribution < -0.4 is 10.5 Å². The molecule has 0 aliphatic carbocycles. The molecule has 0 aliphatic heterocycles. The summed E-state index contributed by atoms with van der Waals surface area (Å²) in [6.07, 6.45) is -1.20. The molecule has 0 bridgehead atoms. The quantitative estimate of drug-likeness (QED) is 0.512. The Kier molecular flexibility index (Phi) is 4.40. The molecule has 0 heterocycles. The molecule has 0 saturated heterocycles.